The van der Waals surface area contributed by atoms with E-state index in [9.17, 15) is 9.59 Å². The molecule has 5 nitrogen and oxygen atoms in total. The van der Waals surface area contributed by atoms with Gasteiger partial charge in [0.1, 0.15) is 6.04 Å². The van der Waals surface area contributed by atoms with Crippen LogP contribution in [-0.2, 0) is 9.59 Å². The van der Waals surface area contributed by atoms with E-state index in [4.69, 9.17) is 5.73 Å². The molecule has 17 heavy (non-hydrogen) atoms. The van der Waals surface area contributed by atoms with Gasteiger partial charge in [0.2, 0.25) is 11.8 Å². The molecule has 2 atom stereocenters. The summed E-state index contributed by atoms with van der Waals surface area (Å²) in [5, 5.41) is 2.60. The Morgan fingerprint density at radius 1 is 1.53 bits per heavy atom. The molecule has 0 bridgehead atoms. The number of carbonyl (C=O) groups is 2. The Bertz CT molecular complexity index is 281. The molecule has 0 radical (unpaired) electrons. The van der Waals surface area contributed by atoms with Crippen molar-refractivity contribution in [1.29, 1.82) is 0 Å². The monoisotopic (exact) mass is 241 g/mol. The summed E-state index contributed by atoms with van der Waals surface area (Å²) in [6.45, 7) is 2.72. The number of carbonyl (C=O) groups excluding carboxylic acids is 2. The van der Waals surface area contributed by atoms with E-state index in [-0.39, 0.29) is 17.9 Å². The first-order valence-corrected chi connectivity index (χ1v) is 6.39. The molecular formula is C12H23N3O2. The van der Waals surface area contributed by atoms with Crippen molar-refractivity contribution in [2.75, 3.05) is 13.6 Å². The smallest absolute Gasteiger partial charge is 0.242 e. The first-order chi connectivity index (χ1) is 8.11. The van der Waals surface area contributed by atoms with Crippen LogP contribution in [0.4, 0.5) is 0 Å². The summed E-state index contributed by atoms with van der Waals surface area (Å²) in [5.41, 5.74) is 5.86. The number of rotatable bonds is 5. The van der Waals surface area contributed by atoms with Crippen LogP contribution in [0.25, 0.3) is 0 Å². The minimum Gasteiger partial charge on any atom is -0.357 e. The predicted octanol–water partition coefficient (Wildman–Crippen LogP) is 0.241. The molecule has 0 spiro atoms. The van der Waals surface area contributed by atoms with Crippen molar-refractivity contribution in [3.8, 4) is 0 Å². The summed E-state index contributed by atoms with van der Waals surface area (Å²) in [6.07, 6.45) is 4.30. The second-order valence-electron chi connectivity index (χ2n) is 4.55. The maximum atomic E-state index is 12.1. The lowest BCUT2D eigenvalue weighted by atomic mass is 10.1. The van der Waals surface area contributed by atoms with Crippen LogP contribution in [0.15, 0.2) is 0 Å². The van der Waals surface area contributed by atoms with Gasteiger partial charge in [-0.3, -0.25) is 9.59 Å². The zero-order chi connectivity index (χ0) is 12.8. The molecule has 5 heteroatoms. The Morgan fingerprint density at radius 3 is 2.82 bits per heavy atom. The maximum Gasteiger partial charge on any atom is 0.242 e. The van der Waals surface area contributed by atoms with Gasteiger partial charge in [-0.2, -0.15) is 0 Å². The minimum atomic E-state index is -0.458. The molecular weight excluding hydrogens is 218 g/mol. The highest BCUT2D eigenvalue weighted by molar-refractivity contribution is 5.90. The van der Waals surface area contributed by atoms with Gasteiger partial charge < -0.3 is 16.0 Å². The zero-order valence-electron chi connectivity index (χ0n) is 10.7. The Kier molecular flexibility index (Phi) is 5.41. The van der Waals surface area contributed by atoms with Crippen molar-refractivity contribution in [2.24, 2.45) is 5.73 Å². The molecule has 3 N–H and O–H groups in total. The molecule has 1 fully saturated rings. The van der Waals surface area contributed by atoms with Gasteiger partial charge in [-0.1, -0.05) is 19.8 Å². The average molecular weight is 241 g/mol. The van der Waals surface area contributed by atoms with Gasteiger partial charge in [0.25, 0.3) is 0 Å². The molecule has 0 aromatic heterocycles. The van der Waals surface area contributed by atoms with Crippen LogP contribution in [0, 0.1) is 0 Å². The van der Waals surface area contributed by atoms with Crippen LogP contribution in [-0.4, -0.2) is 42.4 Å². The highest BCUT2D eigenvalue weighted by Crippen LogP contribution is 2.19. The van der Waals surface area contributed by atoms with E-state index < -0.39 is 6.04 Å². The summed E-state index contributed by atoms with van der Waals surface area (Å²) in [5.74, 6) is -0.164. The van der Waals surface area contributed by atoms with Crippen molar-refractivity contribution in [1.82, 2.24) is 10.2 Å². The van der Waals surface area contributed by atoms with Gasteiger partial charge in [0.05, 0.1) is 6.04 Å². The van der Waals surface area contributed by atoms with Gasteiger partial charge in [-0.25, -0.2) is 0 Å². The largest absolute Gasteiger partial charge is 0.357 e. The number of nitrogens with one attached hydrogen (secondary N) is 1. The number of likely N-dealkylation sites (N-methyl/N-ethyl adjacent to an activating group) is 1. The van der Waals surface area contributed by atoms with E-state index in [1.165, 1.54) is 0 Å². The van der Waals surface area contributed by atoms with E-state index in [0.29, 0.717) is 13.0 Å². The highest BCUT2D eigenvalue weighted by Gasteiger charge is 2.35. The van der Waals surface area contributed by atoms with E-state index >= 15 is 0 Å². The normalized spacial score (nSPS) is 21.4. The maximum absolute atomic E-state index is 12.1. The summed E-state index contributed by atoms with van der Waals surface area (Å²) in [6, 6.07) is -0.777. The third-order valence-corrected chi connectivity index (χ3v) is 3.27. The Balaban J connectivity index is 2.58. The molecule has 2 amide bonds. The lowest BCUT2D eigenvalue weighted by Gasteiger charge is -2.26. The van der Waals surface area contributed by atoms with Crippen LogP contribution in [0.1, 0.15) is 39.0 Å². The fraction of sp³-hybridized carbons (Fsp3) is 0.833. The van der Waals surface area contributed by atoms with Crippen molar-refractivity contribution in [3.05, 3.63) is 0 Å². The number of hydrogen-bond acceptors (Lipinski definition) is 3. The standard InChI is InChI=1S/C12H23N3O2/c1-3-4-6-9(13)12(17)15-8-5-7-10(15)11(16)14-2/h9-10H,3-8,13H2,1-2H3,(H,14,16)/t9-,10?/m0/s1. The summed E-state index contributed by atoms with van der Waals surface area (Å²) >= 11 is 0. The number of amides is 2. The second kappa shape index (κ2) is 6.59. The SMILES string of the molecule is CCCC[C@H](N)C(=O)N1CCCC1C(=O)NC. The van der Waals surface area contributed by atoms with E-state index in [2.05, 4.69) is 12.2 Å². The van der Waals surface area contributed by atoms with Crippen molar-refractivity contribution < 1.29 is 9.59 Å². The average Bonchev–Trinajstić information content (AvgIpc) is 2.82. The first kappa shape index (κ1) is 14.0. The molecule has 1 aliphatic heterocycles. The third kappa shape index (κ3) is 3.43. The molecule has 1 rings (SSSR count). The van der Waals surface area contributed by atoms with Crippen LogP contribution in [0.2, 0.25) is 0 Å². The van der Waals surface area contributed by atoms with Gasteiger partial charge in [0.15, 0.2) is 0 Å². The molecule has 0 saturated carbocycles. The van der Waals surface area contributed by atoms with Crippen molar-refractivity contribution >= 4 is 11.8 Å². The molecule has 1 unspecified atom stereocenters. The Hall–Kier alpha value is -1.10. The van der Waals surface area contributed by atoms with Gasteiger partial charge >= 0.3 is 0 Å². The summed E-state index contributed by atoms with van der Waals surface area (Å²) in [7, 11) is 1.60. The second-order valence-corrected chi connectivity index (χ2v) is 4.55. The molecule has 1 saturated heterocycles. The van der Waals surface area contributed by atoms with E-state index in [1.807, 2.05) is 0 Å². The molecule has 98 valence electrons. The lowest BCUT2D eigenvalue weighted by Crippen LogP contribution is -2.50. The first-order valence-electron chi connectivity index (χ1n) is 6.39. The van der Waals surface area contributed by atoms with Crippen LogP contribution >= 0.6 is 0 Å². The van der Waals surface area contributed by atoms with E-state index in [0.717, 1.165) is 25.7 Å². The molecule has 1 aliphatic rings. The van der Waals surface area contributed by atoms with Crippen LogP contribution in [0.5, 0.6) is 0 Å². The van der Waals surface area contributed by atoms with Crippen LogP contribution < -0.4 is 11.1 Å². The topological polar surface area (TPSA) is 75.4 Å². The van der Waals surface area contributed by atoms with Gasteiger partial charge in [0, 0.05) is 13.6 Å². The molecule has 0 aromatic rings. The van der Waals surface area contributed by atoms with Crippen LogP contribution in [0.3, 0.4) is 0 Å². The zero-order valence-corrected chi connectivity index (χ0v) is 10.7. The molecule has 1 heterocycles. The summed E-state index contributed by atoms with van der Waals surface area (Å²) < 4.78 is 0. The number of nitrogens with two attached hydrogens (primary N) is 1. The fourth-order valence-electron chi connectivity index (χ4n) is 2.23. The number of hydrogen-bond donors (Lipinski definition) is 2. The highest BCUT2D eigenvalue weighted by atomic mass is 16.2. The summed E-state index contributed by atoms with van der Waals surface area (Å²) in [4.78, 5) is 25.4. The van der Waals surface area contributed by atoms with Gasteiger partial charge in [-0.15, -0.1) is 0 Å². The van der Waals surface area contributed by atoms with E-state index in [1.54, 1.807) is 11.9 Å². The predicted molar refractivity (Wildman–Crippen MR) is 66.3 cm³/mol. The fourth-order valence-corrected chi connectivity index (χ4v) is 2.23. The third-order valence-electron chi connectivity index (χ3n) is 3.27. The van der Waals surface area contributed by atoms with Gasteiger partial charge in [-0.05, 0) is 19.3 Å². The minimum absolute atomic E-state index is 0.0791. The Labute approximate surface area is 103 Å². The lowest BCUT2D eigenvalue weighted by molar-refractivity contribution is -0.139. The van der Waals surface area contributed by atoms with Crippen molar-refractivity contribution in [2.45, 2.75) is 51.1 Å². The quantitative estimate of drug-likeness (QED) is 0.724. The molecule has 0 aromatic carbocycles. The Morgan fingerprint density at radius 2 is 2.24 bits per heavy atom. The van der Waals surface area contributed by atoms with Crippen molar-refractivity contribution in [3.63, 3.8) is 0 Å². The number of unbranched alkanes of at least 4 members (excludes halogenated alkanes) is 1. The number of nitrogens with zero attached hydrogens (tertiary/aromatic N) is 1. The number of likely N-dealkylation sites (tertiary alicyclic amines) is 1. The molecule has 0 aliphatic carbocycles.